The number of nitrogens with one attached hydrogen (secondary N) is 7. The molecule has 2 aromatic heterocycles. The van der Waals surface area contributed by atoms with E-state index in [0.29, 0.717) is 36.2 Å². The molecule has 16 nitrogen and oxygen atoms in total. The summed E-state index contributed by atoms with van der Waals surface area (Å²) in [6, 6.07) is 1.65. The van der Waals surface area contributed by atoms with Gasteiger partial charge in [-0.1, -0.05) is 6.07 Å². The average molecular weight is 640 g/mol. The van der Waals surface area contributed by atoms with Crippen molar-refractivity contribution in [1.29, 1.82) is 0 Å². The van der Waals surface area contributed by atoms with Gasteiger partial charge in [0.15, 0.2) is 11.5 Å². The van der Waals surface area contributed by atoms with E-state index in [1.54, 1.807) is 12.3 Å². The van der Waals surface area contributed by atoms with E-state index in [4.69, 9.17) is 0 Å². The van der Waals surface area contributed by atoms with E-state index in [-0.39, 0.29) is 55.7 Å². The van der Waals surface area contributed by atoms with Crippen molar-refractivity contribution in [3.05, 3.63) is 60.2 Å². The van der Waals surface area contributed by atoms with Gasteiger partial charge in [-0.25, -0.2) is 9.97 Å². The van der Waals surface area contributed by atoms with Crippen molar-refractivity contribution in [2.75, 3.05) is 13.1 Å². The Balaban J connectivity index is 1.59. The average Bonchev–Trinajstić information content (AvgIpc) is 3.71. The molecule has 0 spiro atoms. The molecule has 16 heteroatoms. The first-order valence-electron chi connectivity index (χ1n) is 14.9. The Hall–Kier alpha value is -5.41. The SMILES string of the molecule is CC(=O)NC(Cc1cnc[nH]1)C(=O)NCCCCC(NC(=O)C(Cc1cnc[nH]1)NC(C)=O)C(=O)NCCc1ccc(O)c(O)c1. The standard InChI is InChI=1S/C30H41N9O7/c1-18(40)37-24(12-21-14-31-16-35-21)29(45)33-9-4-3-5-23(28(44)34-10-8-20-6-7-26(42)27(43)11-20)39-30(46)25(38-19(2)41)13-22-15-32-17-36-22/h6-7,11,14-17,23-25,42-43H,3-5,8-10,12-13H2,1-2H3,(H,31,35)(H,32,36)(H,33,45)(H,34,44)(H,37,40)(H,38,41)(H,39,46). The molecular weight excluding hydrogens is 598 g/mol. The number of imidazole rings is 2. The second-order valence-corrected chi connectivity index (χ2v) is 10.8. The number of benzene rings is 1. The van der Waals surface area contributed by atoms with E-state index in [1.807, 2.05) is 0 Å². The Bertz CT molecular complexity index is 1440. The molecule has 3 atom stereocenters. The monoisotopic (exact) mass is 639 g/mol. The van der Waals surface area contributed by atoms with Crippen molar-refractivity contribution in [1.82, 2.24) is 46.5 Å². The number of carbonyl (C=O) groups excluding carboxylic acids is 5. The summed E-state index contributed by atoms with van der Waals surface area (Å²) in [6.45, 7) is 3.07. The normalized spacial score (nSPS) is 12.7. The second-order valence-electron chi connectivity index (χ2n) is 10.8. The molecule has 3 rings (SSSR count). The first kappa shape index (κ1) is 35.1. The molecule has 0 saturated carbocycles. The third-order valence-corrected chi connectivity index (χ3v) is 6.95. The minimum absolute atomic E-state index is 0.129. The summed E-state index contributed by atoms with van der Waals surface area (Å²) in [5, 5.41) is 32.8. The number of aromatic amines is 2. The van der Waals surface area contributed by atoms with Crippen LogP contribution < -0.4 is 26.6 Å². The molecule has 9 N–H and O–H groups in total. The van der Waals surface area contributed by atoms with Gasteiger partial charge < -0.3 is 46.8 Å². The van der Waals surface area contributed by atoms with E-state index in [0.717, 1.165) is 0 Å². The number of unbranched alkanes of at least 4 members (excludes halogenated alkanes) is 1. The highest BCUT2D eigenvalue weighted by Gasteiger charge is 2.27. The number of phenolic OH excluding ortho intramolecular Hbond substituents is 2. The van der Waals surface area contributed by atoms with E-state index in [9.17, 15) is 34.2 Å². The number of rotatable bonds is 18. The Morgan fingerprint density at radius 3 is 1.83 bits per heavy atom. The zero-order chi connectivity index (χ0) is 33.5. The van der Waals surface area contributed by atoms with Crippen molar-refractivity contribution in [2.45, 2.75) is 70.5 Å². The van der Waals surface area contributed by atoms with Gasteiger partial charge in [-0.2, -0.15) is 0 Å². The summed E-state index contributed by atoms with van der Waals surface area (Å²) in [4.78, 5) is 76.4. The van der Waals surface area contributed by atoms with Gasteiger partial charge in [0, 0.05) is 63.6 Å². The maximum Gasteiger partial charge on any atom is 0.243 e. The first-order chi connectivity index (χ1) is 22.0. The van der Waals surface area contributed by atoms with Crippen LogP contribution in [0.2, 0.25) is 0 Å². The number of H-pyrrole nitrogens is 2. The Kier molecular flexibility index (Phi) is 13.6. The van der Waals surface area contributed by atoms with Crippen LogP contribution in [0.1, 0.15) is 50.1 Å². The Morgan fingerprint density at radius 2 is 1.28 bits per heavy atom. The summed E-state index contributed by atoms with van der Waals surface area (Å²) in [7, 11) is 0. The summed E-state index contributed by atoms with van der Waals surface area (Å²) in [5.74, 6) is -2.67. The van der Waals surface area contributed by atoms with Crippen LogP contribution in [0, 0.1) is 0 Å². The maximum atomic E-state index is 13.3. The molecule has 2 heterocycles. The smallest absolute Gasteiger partial charge is 0.243 e. The van der Waals surface area contributed by atoms with Crippen molar-refractivity contribution in [3.63, 3.8) is 0 Å². The number of phenols is 2. The number of aromatic nitrogens is 4. The lowest BCUT2D eigenvalue weighted by molar-refractivity contribution is -0.131. The number of hydrogen-bond donors (Lipinski definition) is 9. The highest BCUT2D eigenvalue weighted by molar-refractivity contribution is 5.92. The molecular formula is C30H41N9O7. The fourth-order valence-electron chi connectivity index (χ4n) is 4.67. The number of nitrogens with zero attached hydrogens (tertiary/aromatic N) is 2. The second kappa shape index (κ2) is 17.8. The molecule has 0 aliphatic rings. The minimum Gasteiger partial charge on any atom is -0.504 e. The number of hydrogen-bond acceptors (Lipinski definition) is 9. The third kappa shape index (κ3) is 11.9. The predicted octanol–water partition coefficient (Wildman–Crippen LogP) is -0.531. The molecule has 46 heavy (non-hydrogen) atoms. The van der Waals surface area contributed by atoms with Crippen LogP contribution in [0.5, 0.6) is 11.5 Å². The van der Waals surface area contributed by atoms with Gasteiger partial charge in [0.25, 0.3) is 0 Å². The zero-order valence-corrected chi connectivity index (χ0v) is 25.8. The van der Waals surface area contributed by atoms with E-state index in [2.05, 4.69) is 46.5 Å². The van der Waals surface area contributed by atoms with E-state index < -0.39 is 35.8 Å². The number of carbonyl (C=O) groups is 5. The quantitative estimate of drug-likeness (QED) is 0.0641. The fraction of sp³-hybridized carbons (Fsp3) is 0.433. The van der Waals surface area contributed by atoms with Crippen molar-refractivity contribution >= 4 is 29.5 Å². The van der Waals surface area contributed by atoms with Crippen LogP contribution in [-0.4, -0.2) is 90.9 Å². The van der Waals surface area contributed by atoms with Crippen molar-refractivity contribution in [2.24, 2.45) is 0 Å². The van der Waals surface area contributed by atoms with Gasteiger partial charge in [-0.3, -0.25) is 24.0 Å². The van der Waals surface area contributed by atoms with Gasteiger partial charge in [-0.05, 0) is 43.4 Å². The molecule has 0 saturated heterocycles. The maximum absolute atomic E-state index is 13.3. The van der Waals surface area contributed by atoms with Gasteiger partial charge in [-0.15, -0.1) is 0 Å². The number of amides is 5. The highest BCUT2D eigenvalue weighted by atomic mass is 16.3. The first-order valence-corrected chi connectivity index (χ1v) is 14.9. The van der Waals surface area contributed by atoms with Crippen molar-refractivity contribution < 1.29 is 34.2 Å². The minimum atomic E-state index is -0.965. The summed E-state index contributed by atoms with van der Waals surface area (Å²) >= 11 is 0. The molecule has 5 amide bonds. The van der Waals surface area contributed by atoms with Crippen LogP contribution in [0.25, 0.3) is 0 Å². The van der Waals surface area contributed by atoms with Crippen LogP contribution in [0.3, 0.4) is 0 Å². The topological polar surface area (TPSA) is 243 Å². The molecule has 1 aromatic carbocycles. The molecule has 0 aliphatic carbocycles. The lowest BCUT2D eigenvalue weighted by Gasteiger charge is -2.23. The fourth-order valence-corrected chi connectivity index (χ4v) is 4.67. The molecule has 248 valence electrons. The molecule has 3 unspecified atom stereocenters. The summed E-state index contributed by atoms with van der Waals surface area (Å²) in [5.41, 5.74) is 1.99. The summed E-state index contributed by atoms with van der Waals surface area (Å²) < 4.78 is 0. The molecule has 0 radical (unpaired) electrons. The van der Waals surface area contributed by atoms with Crippen LogP contribution >= 0.6 is 0 Å². The molecule has 3 aromatic rings. The predicted molar refractivity (Wildman–Crippen MR) is 165 cm³/mol. The lowest BCUT2D eigenvalue weighted by atomic mass is 10.1. The molecule has 0 fully saturated rings. The Morgan fingerprint density at radius 1 is 0.717 bits per heavy atom. The van der Waals surface area contributed by atoms with E-state index in [1.165, 1.54) is 44.8 Å². The summed E-state index contributed by atoms with van der Waals surface area (Å²) in [6.07, 6.45) is 7.91. The molecule has 0 aliphatic heterocycles. The van der Waals surface area contributed by atoms with Gasteiger partial charge >= 0.3 is 0 Å². The molecule has 0 bridgehead atoms. The highest BCUT2D eigenvalue weighted by Crippen LogP contribution is 2.24. The largest absolute Gasteiger partial charge is 0.504 e. The lowest BCUT2D eigenvalue weighted by Crippen LogP contribution is -2.54. The van der Waals surface area contributed by atoms with Crippen LogP contribution in [-0.2, 0) is 43.2 Å². The third-order valence-electron chi connectivity index (χ3n) is 6.95. The Labute approximate surface area is 265 Å². The van der Waals surface area contributed by atoms with Crippen LogP contribution in [0.4, 0.5) is 0 Å². The van der Waals surface area contributed by atoms with Gasteiger partial charge in [0.2, 0.25) is 29.5 Å². The van der Waals surface area contributed by atoms with Crippen molar-refractivity contribution in [3.8, 4) is 11.5 Å². The van der Waals surface area contributed by atoms with E-state index >= 15 is 0 Å². The zero-order valence-electron chi connectivity index (χ0n) is 25.8. The van der Waals surface area contributed by atoms with Crippen LogP contribution in [0.15, 0.2) is 43.2 Å². The van der Waals surface area contributed by atoms with Gasteiger partial charge in [0.1, 0.15) is 18.1 Å². The number of aromatic hydroxyl groups is 2. The van der Waals surface area contributed by atoms with Gasteiger partial charge in [0.05, 0.1) is 12.7 Å².